The maximum Gasteiger partial charge on any atom is 0.331 e. The van der Waals surface area contributed by atoms with Crippen LogP contribution in [-0.4, -0.2) is 52.0 Å². The highest BCUT2D eigenvalue weighted by molar-refractivity contribution is 5.89. The fraction of sp³-hybridized carbons (Fsp3) is 0.333. The second kappa shape index (κ2) is 11.6. The lowest BCUT2D eigenvalue weighted by Gasteiger charge is -2.18. The Kier molecular flexibility index (Phi) is 8.36. The Morgan fingerprint density at radius 3 is 2.66 bits per heavy atom. The molecule has 1 aliphatic rings. The van der Waals surface area contributed by atoms with Crippen LogP contribution in [0.2, 0.25) is 0 Å². The minimum atomic E-state index is -0.611. The van der Waals surface area contributed by atoms with Crippen LogP contribution in [0.4, 0.5) is 0 Å². The summed E-state index contributed by atoms with van der Waals surface area (Å²) in [5.41, 5.74) is 1.76. The number of amides is 1. The van der Waals surface area contributed by atoms with Gasteiger partial charge in [-0.15, -0.1) is 0 Å². The molecular weight excluding hydrogens is 414 g/mol. The summed E-state index contributed by atoms with van der Waals surface area (Å²) in [7, 11) is 1.55. The van der Waals surface area contributed by atoms with Gasteiger partial charge < -0.3 is 29.0 Å². The second-order valence-electron chi connectivity index (χ2n) is 6.86. The third-order valence-corrected chi connectivity index (χ3v) is 4.59. The zero-order valence-electron chi connectivity index (χ0n) is 18.2. The van der Waals surface area contributed by atoms with Gasteiger partial charge >= 0.3 is 5.97 Å². The quantitative estimate of drug-likeness (QED) is 0.448. The molecule has 0 saturated heterocycles. The van der Waals surface area contributed by atoms with Crippen LogP contribution in [0.15, 0.2) is 42.5 Å². The number of hydrogen-bond donors (Lipinski definition) is 1. The number of fused-ring (bicyclic) bond motifs is 1. The first-order valence-electron chi connectivity index (χ1n) is 10.4. The summed E-state index contributed by atoms with van der Waals surface area (Å²) in [6, 6.07) is 11.0. The molecule has 170 valence electrons. The molecule has 0 spiro atoms. The van der Waals surface area contributed by atoms with E-state index in [-0.39, 0.29) is 12.5 Å². The highest BCUT2D eigenvalue weighted by Crippen LogP contribution is 2.31. The van der Waals surface area contributed by atoms with E-state index in [2.05, 4.69) is 5.32 Å². The zero-order chi connectivity index (χ0) is 22.8. The van der Waals surface area contributed by atoms with E-state index in [9.17, 15) is 9.59 Å². The molecule has 0 radical (unpaired) electrons. The number of benzene rings is 2. The highest BCUT2D eigenvalue weighted by atomic mass is 16.6. The van der Waals surface area contributed by atoms with Crippen molar-refractivity contribution >= 4 is 18.0 Å². The number of nitrogens with one attached hydrogen (secondary N) is 1. The molecule has 0 unspecified atom stereocenters. The average molecular weight is 441 g/mol. The van der Waals surface area contributed by atoms with Crippen LogP contribution < -0.4 is 24.3 Å². The molecule has 1 aliphatic heterocycles. The smallest absolute Gasteiger partial charge is 0.331 e. The van der Waals surface area contributed by atoms with Gasteiger partial charge in [-0.05, 0) is 54.8 Å². The number of rotatable bonds is 10. The van der Waals surface area contributed by atoms with Crippen LogP contribution in [0.5, 0.6) is 23.0 Å². The van der Waals surface area contributed by atoms with Gasteiger partial charge in [-0.25, -0.2) is 4.79 Å². The zero-order valence-corrected chi connectivity index (χ0v) is 18.2. The van der Waals surface area contributed by atoms with Crippen molar-refractivity contribution < 1.29 is 33.3 Å². The molecule has 2 aromatic carbocycles. The average Bonchev–Trinajstić information content (AvgIpc) is 2.82. The van der Waals surface area contributed by atoms with E-state index in [0.29, 0.717) is 50.0 Å². The summed E-state index contributed by atoms with van der Waals surface area (Å²) in [5.74, 6) is 1.66. The molecule has 0 fully saturated rings. The van der Waals surface area contributed by atoms with Crippen molar-refractivity contribution in [1.82, 2.24) is 5.32 Å². The lowest BCUT2D eigenvalue weighted by Crippen LogP contribution is -2.30. The van der Waals surface area contributed by atoms with Crippen molar-refractivity contribution in [1.29, 1.82) is 0 Å². The number of carbonyl (C=O) groups is 2. The maximum atomic E-state index is 11.9. The Hall–Kier alpha value is -3.68. The molecule has 32 heavy (non-hydrogen) atoms. The second-order valence-corrected chi connectivity index (χ2v) is 6.86. The Balaban J connectivity index is 1.39. The van der Waals surface area contributed by atoms with E-state index in [0.717, 1.165) is 16.9 Å². The Morgan fingerprint density at radius 1 is 1.06 bits per heavy atom. The summed E-state index contributed by atoms with van der Waals surface area (Å²) in [6.07, 6.45) is 3.47. The van der Waals surface area contributed by atoms with E-state index in [1.165, 1.54) is 6.08 Å². The molecule has 8 nitrogen and oxygen atoms in total. The van der Waals surface area contributed by atoms with Gasteiger partial charge in [0.2, 0.25) is 0 Å². The molecule has 0 aliphatic carbocycles. The van der Waals surface area contributed by atoms with Crippen LogP contribution in [0.3, 0.4) is 0 Å². The van der Waals surface area contributed by atoms with Crippen molar-refractivity contribution in [3.05, 3.63) is 53.6 Å². The van der Waals surface area contributed by atoms with E-state index >= 15 is 0 Å². The number of esters is 1. The summed E-state index contributed by atoms with van der Waals surface area (Å²) < 4.78 is 26.8. The van der Waals surface area contributed by atoms with Crippen molar-refractivity contribution in [2.75, 3.05) is 40.1 Å². The topological polar surface area (TPSA) is 92.3 Å². The van der Waals surface area contributed by atoms with Gasteiger partial charge in [-0.1, -0.05) is 12.1 Å². The number of methoxy groups -OCH3 is 1. The van der Waals surface area contributed by atoms with Crippen LogP contribution in [0.1, 0.15) is 18.1 Å². The van der Waals surface area contributed by atoms with Crippen LogP contribution >= 0.6 is 0 Å². The van der Waals surface area contributed by atoms with Crippen LogP contribution in [0, 0.1) is 0 Å². The van der Waals surface area contributed by atoms with Crippen molar-refractivity contribution in [2.24, 2.45) is 0 Å². The van der Waals surface area contributed by atoms with E-state index in [1.54, 1.807) is 31.4 Å². The predicted molar refractivity (Wildman–Crippen MR) is 118 cm³/mol. The molecule has 0 bridgehead atoms. The molecule has 1 heterocycles. The lowest BCUT2D eigenvalue weighted by molar-refractivity contribution is -0.143. The molecule has 1 amide bonds. The number of hydrogen-bond acceptors (Lipinski definition) is 7. The minimum Gasteiger partial charge on any atom is -0.493 e. The van der Waals surface area contributed by atoms with Crippen molar-refractivity contribution in [2.45, 2.75) is 13.3 Å². The van der Waals surface area contributed by atoms with Gasteiger partial charge in [-0.3, -0.25) is 4.79 Å². The SMILES string of the molecule is CCOc1ccc(/C=C/C(=O)OCC(=O)NCCc2ccc3c(c2)OCCO3)cc1OC. The van der Waals surface area contributed by atoms with Crippen molar-refractivity contribution in [3.63, 3.8) is 0 Å². The molecule has 0 atom stereocenters. The molecule has 1 N–H and O–H groups in total. The van der Waals surface area contributed by atoms with Crippen LogP contribution in [0.25, 0.3) is 6.08 Å². The van der Waals surface area contributed by atoms with Crippen molar-refractivity contribution in [3.8, 4) is 23.0 Å². The largest absolute Gasteiger partial charge is 0.493 e. The summed E-state index contributed by atoms with van der Waals surface area (Å²) in [5, 5.41) is 2.73. The molecule has 0 saturated carbocycles. The molecule has 0 aromatic heterocycles. The number of ether oxygens (including phenoxy) is 5. The van der Waals surface area contributed by atoms with Gasteiger partial charge in [0.1, 0.15) is 13.2 Å². The summed E-state index contributed by atoms with van der Waals surface area (Å²) in [6.45, 7) is 3.55. The standard InChI is InChI=1S/C24H27NO7/c1-3-29-19-7-4-17(14-21(19)28-2)6-9-24(27)32-16-23(26)25-11-10-18-5-8-20-22(15-18)31-13-12-30-20/h4-9,14-15H,3,10-13,16H2,1-2H3,(H,25,26)/b9-6+. The number of carbonyl (C=O) groups excluding carboxylic acids is 2. The third-order valence-electron chi connectivity index (χ3n) is 4.59. The minimum absolute atomic E-state index is 0.350. The van der Waals surface area contributed by atoms with E-state index < -0.39 is 5.97 Å². The Labute approximate surface area is 187 Å². The maximum absolute atomic E-state index is 11.9. The molecular formula is C24H27NO7. The monoisotopic (exact) mass is 441 g/mol. The van der Waals surface area contributed by atoms with Gasteiger partial charge in [0.05, 0.1) is 13.7 Å². The normalized spacial score (nSPS) is 12.3. The highest BCUT2D eigenvalue weighted by Gasteiger charge is 2.12. The lowest BCUT2D eigenvalue weighted by atomic mass is 10.1. The predicted octanol–water partition coefficient (Wildman–Crippen LogP) is 2.78. The first kappa shape index (κ1) is 23.0. The van der Waals surface area contributed by atoms with E-state index in [4.69, 9.17) is 23.7 Å². The Bertz CT molecular complexity index is 971. The third kappa shape index (κ3) is 6.66. The first-order chi connectivity index (χ1) is 15.6. The van der Waals surface area contributed by atoms with Crippen LogP contribution in [-0.2, 0) is 20.7 Å². The summed E-state index contributed by atoms with van der Waals surface area (Å²) in [4.78, 5) is 23.8. The summed E-state index contributed by atoms with van der Waals surface area (Å²) >= 11 is 0. The van der Waals surface area contributed by atoms with E-state index in [1.807, 2.05) is 25.1 Å². The molecule has 8 heteroatoms. The fourth-order valence-corrected chi connectivity index (χ4v) is 3.05. The van der Waals surface area contributed by atoms with Gasteiger partial charge in [0.25, 0.3) is 5.91 Å². The van der Waals surface area contributed by atoms with Gasteiger partial charge in [0.15, 0.2) is 29.6 Å². The van der Waals surface area contributed by atoms with Gasteiger partial charge in [-0.2, -0.15) is 0 Å². The molecule has 3 rings (SSSR count). The first-order valence-corrected chi connectivity index (χ1v) is 10.4. The molecule has 2 aromatic rings. The fourth-order valence-electron chi connectivity index (χ4n) is 3.05. The Morgan fingerprint density at radius 2 is 1.88 bits per heavy atom. The van der Waals surface area contributed by atoms with Gasteiger partial charge in [0, 0.05) is 12.6 Å².